The summed E-state index contributed by atoms with van der Waals surface area (Å²) in [5.74, 6) is 0.0836. The van der Waals surface area contributed by atoms with Crippen molar-refractivity contribution in [1.82, 2.24) is 14.6 Å². The smallest absolute Gasteiger partial charge is 0.344 e. The molecule has 2 aromatic heterocycles. The lowest BCUT2D eigenvalue weighted by molar-refractivity contribution is -0.147. The lowest BCUT2D eigenvalue weighted by atomic mass is 10.2. The third-order valence-corrected chi connectivity index (χ3v) is 4.47. The Kier molecular flexibility index (Phi) is 6.15. The second-order valence-electron chi connectivity index (χ2n) is 5.63. The maximum Gasteiger partial charge on any atom is 0.344 e. The number of nitrogens with zero attached hydrogens (tertiary/aromatic N) is 3. The molecule has 0 saturated carbocycles. The van der Waals surface area contributed by atoms with Gasteiger partial charge in [0.1, 0.15) is 24.0 Å². The van der Waals surface area contributed by atoms with Crippen molar-refractivity contribution < 1.29 is 19.0 Å². The molecule has 8 nitrogen and oxygen atoms in total. The van der Waals surface area contributed by atoms with Gasteiger partial charge in [-0.2, -0.15) is 9.61 Å². The Morgan fingerprint density at radius 2 is 2.07 bits per heavy atom. The molecule has 27 heavy (non-hydrogen) atoms. The Morgan fingerprint density at radius 3 is 2.85 bits per heavy atom. The van der Waals surface area contributed by atoms with Gasteiger partial charge in [-0.05, 0) is 25.5 Å². The van der Waals surface area contributed by atoms with Crippen LogP contribution in [0, 0.1) is 6.92 Å². The molecule has 9 heteroatoms. The summed E-state index contributed by atoms with van der Waals surface area (Å²) in [5, 5.41) is 4.82. The number of aryl methyl sites for hydroxylation is 1. The molecule has 1 aromatic carbocycles. The number of benzene rings is 1. The normalized spacial score (nSPS) is 10.9. The molecular formula is C18H19N3O5S. The number of carbonyl (C=O) groups excluding carboxylic acids is 1. The zero-order valence-corrected chi connectivity index (χ0v) is 15.8. The van der Waals surface area contributed by atoms with E-state index in [0.717, 1.165) is 5.56 Å². The number of para-hydroxylation sites is 1. The molecule has 0 aliphatic heterocycles. The fourth-order valence-electron chi connectivity index (χ4n) is 2.27. The first kappa shape index (κ1) is 19.0. The summed E-state index contributed by atoms with van der Waals surface area (Å²) in [4.78, 5) is 28.8. The first-order valence-electron chi connectivity index (χ1n) is 8.37. The van der Waals surface area contributed by atoms with E-state index in [1.54, 1.807) is 6.07 Å². The van der Waals surface area contributed by atoms with Crippen LogP contribution in [0.1, 0.15) is 23.2 Å². The molecule has 0 aliphatic carbocycles. The van der Waals surface area contributed by atoms with Gasteiger partial charge in [-0.3, -0.25) is 4.79 Å². The second-order valence-corrected chi connectivity index (χ2v) is 6.67. The van der Waals surface area contributed by atoms with Crippen molar-refractivity contribution in [3.05, 3.63) is 57.0 Å². The fourth-order valence-corrected chi connectivity index (χ4v) is 3.12. The molecule has 2 heterocycles. The molecule has 3 aromatic rings. The van der Waals surface area contributed by atoms with E-state index in [2.05, 4.69) is 10.1 Å². The number of carbonyl (C=O) groups is 1. The van der Waals surface area contributed by atoms with Crippen molar-refractivity contribution in [2.75, 3.05) is 13.2 Å². The number of aromatic nitrogens is 3. The molecule has 0 radical (unpaired) electrons. The van der Waals surface area contributed by atoms with Crippen LogP contribution in [0.4, 0.5) is 0 Å². The van der Waals surface area contributed by atoms with Crippen LogP contribution in [0.25, 0.3) is 4.96 Å². The highest BCUT2D eigenvalue weighted by molar-refractivity contribution is 7.16. The summed E-state index contributed by atoms with van der Waals surface area (Å²) in [5.41, 5.74) is 0.954. The van der Waals surface area contributed by atoms with Gasteiger partial charge in [-0.15, -0.1) is 0 Å². The van der Waals surface area contributed by atoms with Crippen LogP contribution in [-0.2, 0) is 27.5 Å². The predicted molar refractivity (Wildman–Crippen MR) is 98.9 cm³/mol. The summed E-state index contributed by atoms with van der Waals surface area (Å²) < 4.78 is 17.1. The highest BCUT2D eigenvalue weighted by Crippen LogP contribution is 2.16. The molecule has 0 atom stereocenters. The van der Waals surface area contributed by atoms with E-state index in [9.17, 15) is 9.59 Å². The quantitative estimate of drug-likeness (QED) is 0.545. The number of hydrogen-bond donors (Lipinski definition) is 0. The van der Waals surface area contributed by atoms with E-state index in [-0.39, 0.29) is 18.8 Å². The summed E-state index contributed by atoms with van der Waals surface area (Å²) in [6.07, 6.45) is 0. The van der Waals surface area contributed by atoms with Gasteiger partial charge >= 0.3 is 5.97 Å². The molecule has 0 aliphatic rings. The third-order valence-electron chi connectivity index (χ3n) is 3.59. The lowest BCUT2D eigenvalue weighted by Crippen LogP contribution is -2.18. The zero-order chi connectivity index (χ0) is 19.2. The van der Waals surface area contributed by atoms with Crippen LogP contribution in [0.3, 0.4) is 0 Å². The van der Waals surface area contributed by atoms with E-state index >= 15 is 0 Å². The Morgan fingerprint density at radius 1 is 1.26 bits per heavy atom. The summed E-state index contributed by atoms with van der Waals surface area (Å²) in [6, 6.07) is 8.69. The minimum absolute atomic E-state index is 0.111. The molecule has 0 N–H and O–H groups in total. The van der Waals surface area contributed by atoms with Crippen LogP contribution in [0.5, 0.6) is 5.75 Å². The van der Waals surface area contributed by atoms with Gasteiger partial charge in [0.15, 0.2) is 6.61 Å². The van der Waals surface area contributed by atoms with E-state index in [4.69, 9.17) is 14.2 Å². The van der Waals surface area contributed by atoms with Gasteiger partial charge in [0.25, 0.3) is 5.56 Å². The molecule has 3 rings (SSSR count). The number of rotatable bonds is 8. The predicted octanol–water partition coefficient (Wildman–Crippen LogP) is 2.12. The molecule has 0 amide bonds. The molecule has 142 valence electrons. The standard InChI is InChI=1S/C18H19N3O5S/c1-3-24-10-15-20-21-16(22)8-13(19-18(21)27-15)9-26-17(23)11-25-14-7-5-4-6-12(14)2/h4-8H,3,9-11H2,1-2H3. The van der Waals surface area contributed by atoms with Gasteiger partial charge < -0.3 is 14.2 Å². The Balaban J connectivity index is 1.60. The maximum absolute atomic E-state index is 12.1. The fraction of sp³-hybridized carbons (Fsp3) is 0.333. The Hall–Kier alpha value is -2.78. The summed E-state index contributed by atoms with van der Waals surface area (Å²) >= 11 is 1.26. The van der Waals surface area contributed by atoms with Crippen LogP contribution < -0.4 is 10.3 Å². The molecule has 0 fully saturated rings. The Labute approximate surface area is 159 Å². The molecular weight excluding hydrogens is 370 g/mol. The Bertz CT molecular complexity index is 998. The molecule has 0 unspecified atom stereocenters. The van der Waals surface area contributed by atoms with Crippen LogP contribution in [0.2, 0.25) is 0 Å². The van der Waals surface area contributed by atoms with E-state index in [1.807, 2.05) is 32.0 Å². The minimum Gasteiger partial charge on any atom is -0.482 e. The van der Waals surface area contributed by atoms with E-state index < -0.39 is 5.97 Å². The van der Waals surface area contributed by atoms with Crippen LogP contribution in [-0.4, -0.2) is 33.8 Å². The van der Waals surface area contributed by atoms with Gasteiger partial charge in [0.05, 0.1) is 5.69 Å². The van der Waals surface area contributed by atoms with Gasteiger partial charge in [-0.1, -0.05) is 29.5 Å². The van der Waals surface area contributed by atoms with Crippen LogP contribution >= 0.6 is 11.3 Å². The monoisotopic (exact) mass is 389 g/mol. The van der Waals surface area contributed by atoms with Crippen molar-refractivity contribution in [1.29, 1.82) is 0 Å². The zero-order valence-electron chi connectivity index (χ0n) is 15.0. The average Bonchev–Trinajstić information content (AvgIpc) is 3.07. The second kappa shape index (κ2) is 8.74. The topological polar surface area (TPSA) is 92.0 Å². The number of fused-ring (bicyclic) bond motifs is 1. The van der Waals surface area contributed by atoms with E-state index in [1.165, 1.54) is 21.9 Å². The first-order chi connectivity index (χ1) is 13.1. The SMILES string of the molecule is CCOCc1nn2c(=O)cc(COC(=O)COc3ccccc3C)nc2s1. The van der Waals surface area contributed by atoms with E-state index in [0.29, 0.717) is 34.6 Å². The van der Waals surface area contributed by atoms with Gasteiger partial charge in [0, 0.05) is 12.7 Å². The highest BCUT2D eigenvalue weighted by Gasteiger charge is 2.11. The molecule has 0 saturated heterocycles. The van der Waals surface area contributed by atoms with Crippen molar-refractivity contribution in [2.24, 2.45) is 0 Å². The van der Waals surface area contributed by atoms with Crippen molar-refractivity contribution in [3.8, 4) is 5.75 Å². The summed E-state index contributed by atoms with van der Waals surface area (Å²) in [6.45, 7) is 4.33. The largest absolute Gasteiger partial charge is 0.482 e. The summed E-state index contributed by atoms with van der Waals surface area (Å²) in [7, 11) is 0. The van der Waals surface area contributed by atoms with Crippen molar-refractivity contribution in [3.63, 3.8) is 0 Å². The number of ether oxygens (including phenoxy) is 3. The van der Waals surface area contributed by atoms with Crippen molar-refractivity contribution in [2.45, 2.75) is 27.1 Å². The minimum atomic E-state index is -0.540. The lowest BCUT2D eigenvalue weighted by Gasteiger charge is -2.08. The average molecular weight is 389 g/mol. The third kappa shape index (κ3) is 4.89. The highest BCUT2D eigenvalue weighted by atomic mass is 32.1. The first-order valence-corrected chi connectivity index (χ1v) is 9.19. The maximum atomic E-state index is 12.1. The molecule has 0 spiro atoms. The number of hydrogen-bond acceptors (Lipinski definition) is 8. The van der Waals surface area contributed by atoms with Crippen LogP contribution in [0.15, 0.2) is 35.1 Å². The van der Waals surface area contributed by atoms with Gasteiger partial charge in [-0.25, -0.2) is 9.78 Å². The van der Waals surface area contributed by atoms with Gasteiger partial charge in [0.2, 0.25) is 4.96 Å². The molecule has 0 bridgehead atoms. The van der Waals surface area contributed by atoms with Crippen molar-refractivity contribution >= 4 is 22.3 Å². The number of esters is 1.